The molecule has 1 atom stereocenters. The summed E-state index contributed by atoms with van der Waals surface area (Å²) in [7, 11) is 0. The molecule has 0 saturated heterocycles. The minimum atomic E-state index is 0.0264. The molecule has 144 valence electrons. The molecule has 0 bridgehead atoms. The SMILES string of the molecule is CC(C)CC(N)COc1cncc(-c2ccc3n[nH]c(C#CC4CC4)c3c2)c1. The van der Waals surface area contributed by atoms with Crippen LogP contribution in [0.5, 0.6) is 5.75 Å². The van der Waals surface area contributed by atoms with Gasteiger partial charge in [0.2, 0.25) is 0 Å². The molecule has 1 fully saturated rings. The minimum absolute atomic E-state index is 0.0264. The molecule has 1 aliphatic carbocycles. The molecule has 1 aliphatic rings. The molecule has 0 aliphatic heterocycles. The summed E-state index contributed by atoms with van der Waals surface area (Å²) in [6.07, 6.45) is 6.94. The van der Waals surface area contributed by atoms with Crippen LogP contribution in [-0.4, -0.2) is 27.8 Å². The Balaban J connectivity index is 1.54. The molecule has 5 nitrogen and oxygen atoms in total. The van der Waals surface area contributed by atoms with Crippen LogP contribution in [0.15, 0.2) is 36.7 Å². The standard InChI is InChI=1S/C23H26N4O/c1-15(2)9-19(24)14-28-20-10-18(12-25-13-20)17-6-8-23-21(11-17)22(26-27-23)7-5-16-3-4-16/h6,8,10-13,15-16,19H,3-4,9,14,24H2,1-2H3,(H,26,27). The van der Waals surface area contributed by atoms with Gasteiger partial charge in [0.15, 0.2) is 0 Å². The highest BCUT2D eigenvalue weighted by molar-refractivity contribution is 5.88. The molecular weight excluding hydrogens is 348 g/mol. The Bertz CT molecular complexity index is 1020. The first kappa shape index (κ1) is 18.5. The summed E-state index contributed by atoms with van der Waals surface area (Å²) >= 11 is 0. The number of hydrogen-bond acceptors (Lipinski definition) is 4. The van der Waals surface area contributed by atoms with Gasteiger partial charge in [-0.2, -0.15) is 5.10 Å². The maximum Gasteiger partial charge on any atom is 0.138 e. The first-order valence-corrected chi connectivity index (χ1v) is 9.92. The number of rotatable bonds is 6. The molecule has 3 aromatic rings. The average Bonchev–Trinajstić information content (AvgIpc) is 3.43. The number of aromatic amines is 1. The van der Waals surface area contributed by atoms with E-state index >= 15 is 0 Å². The van der Waals surface area contributed by atoms with E-state index in [1.54, 1.807) is 6.20 Å². The minimum Gasteiger partial charge on any atom is -0.490 e. The van der Waals surface area contributed by atoms with Crippen LogP contribution < -0.4 is 10.5 Å². The lowest BCUT2D eigenvalue weighted by atomic mass is 10.0. The summed E-state index contributed by atoms with van der Waals surface area (Å²) in [5.41, 5.74) is 9.98. The normalized spacial score (nSPS) is 14.7. The first-order chi connectivity index (χ1) is 13.6. The Labute approximate surface area is 165 Å². The zero-order chi connectivity index (χ0) is 19.5. The van der Waals surface area contributed by atoms with Crippen molar-refractivity contribution in [2.45, 2.75) is 39.2 Å². The highest BCUT2D eigenvalue weighted by Crippen LogP contribution is 2.29. The molecule has 5 heteroatoms. The quantitative estimate of drug-likeness (QED) is 0.636. The maximum absolute atomic E-state index is 6.12. The molecule has 4 rings (SSSR count). The van der Waals surface area contributed by atoms with Crippen LogP contribution in [0.3, 0.4) is 0 Å². The van der Waals surface area contributed by atoms with Crippen molar-refractivity contribution in [2.24, 2.45) is 17.6 Å². The van der Waals surface area contributed by atoms with Crippen molar-refractivity contribution in [1.29, 1.82) is 0 Å². The maximum atomic E-state index is 6.12. The van der Waals surface area contributed by atoms with Gasteiger partial charge in [-0.05, 0) is 54.9 Å². The summed E-state index contributed by atoms with van der Waals surface area (Å²) in [6, 6.07) is 8.20. The second-order valence-electron chi connectivity index (χ2n) is 7.98. The van der Waals surface area contributed by atoms with Crippen molar-refractivity contribution in [2.75, 3.05) is 6.61 Å². The second kappa shape index (κ2) is 8.04. The van der Waals surface area contributed by atoms with Crippen LogP contribution in [0.2, 0.25) is 0 Å². The number of pyridine rings is 1. The Hall–Kier alpha value is -2.84. The third-order valence-corrected chi connectivity index (χ3v) is 4.82. The average molecular weight is 374 g/mol. The van der Waals surface area contributed by atoms with E-state index in [1.807, 2.05) is 24.4 Å². The van der Waals surface area contributed by atoms with E-state index in [4.69, 9.17) is 10.5 Å². The highest BCUT2D eigenvalue weighted by Gasteiger charge is 2.18. The number of fused-ring (bicyclic) bond motifs is 1. The van der Waals surface area contributed by atoms with Crippen LogP contribution in [0.25, 0.3) is 22.0 Å². The zero-order valence-electron chi connectivity index (χ0n) is 16.4. The summed E-state index contributed by atoms with van der Waals surface area (Å²) < 4.78 is 5.87. The Morgan fingerprint density at radius 2 is 2.07 bits per heavy atom. The van der Waals surface area contributed by atoms with Gasteiger partial charge in [0, 0.05) is 29.1 Å². The number of H-pyrrole nitrogens is 1. The predicted molar refractivity (Wildman–Crippen MR) is 112 cm³/mol. The predicted octanol–water partition coefficient (Wildman–Crippen LogP) is 4.14. The van der Waals surface area contributed by atoms with E-state index in [0.717, 1.165) is 39.9 Å². The van der Waals surface area contributed by atoms with Gasteiger partial charge in [-0.1, -0.05) is 25.8 Å². The molecule has 0 amide bonds. The number of aromatic nitrogens is 3. The fraction of sp³-hybridized carbons (Fsp3) is 0.391. The van der Waals surface area contributed by atoms with Gasteiger partial charge in [0.1, 0.15) is 18.1 Å². The summed E-state index contributed by atoms with van der Waals surface area (Å²) in [4.78, 5) is 4.34. The molecule has 2 heterocycles. The zero-order valence-corrected chi connectivity index (χ0v) is 16.4. The van der Waals surface area contributed by atoms with Gasteiger partial charge >= 0.3 is 0 Å². The summed E-state index contributed by atoms with van der Waals surface area (Å²) in [6.45, 7) is 4.82. The number of ether oxygens (including phenoxy) is 1. The van der Waals surface area contributed by atoms with Crippen molar-refractivity contribution in [3.05, 3.63) is 42.4 Å². The van der Waals surface area contributed by atoms with E-state index in [-0.39, 0.29) is 6.04 Å². The van der Waals surface area contributed by atoms with Gasteiger partial charge in [-0.3, -0.25) is 10.1 Å². The number of benzene rings is 1. The lowest BCUT2D eigenvalue weighted by Gasteiger charge is -2.15. The molecule has 1 unspecified atom stereocenters. The lowest BCUT2D eigenvalue weighted by Crippen LogP contribution is -2.29. The van der Waals surface area contributed by atoms with E-state index in [1.165, 1.54) is 12.8 Å². The Kier molecular flexibility index (Phi) is 5.31. The monoisotopic (exact) mass is 374 g/mol. The Morgan fingerprint density at radius 3 is 2.86 bits per heavy atom. The Morgan fingerprint density at radius 1 is 1.21 bits per heavy atom. The molecule has 0 radical (unpaired) electrons. The van der Waals surface area contributed by atoms with E-state index in [9.17, 15) is 0 Å². The lowest BCUT2D eigenvalue weighted by molar-refractivity contribution is 0.270. The summed E-state index contributed by atoms with van der Waals surface area (Å²) in [5, 5.41) is 8.46. The highest BCUT2D eigenvalue weighted by atomic mass is 16.5. The molecule has 28 heavy (non-hydrogen) atoms. The van der Waals surface area contributed by atoms with Gasteiger partial charge in [0.25, 0.3) is 0 Å². The molecular formula is C23H26N4O. The van der Waals surface area contributed by atoms with Gasteiger partial charge in [-0.25, -0.2) is 0 Å². The molecule has 0 spiro atoms. The largest absolute Gasteiger partial charge is 0.490 e. The van der Waals surface area contributed by atoms with Crippen LogP contribution in [-0.2, 0) is 0 Å². The van der Waals surface area contributed by atoms with Crippen molar-refractivity contribution in [1.82, 2.24) is 15.2 Å². The van der Waals surface area contributed by atoms with Crippen LogP contribution in [0.4, 0.5) is 0 Å². The van der Waals surface area contributed by atoms with E-state index in [2.05, 4.69) is 46.9 Å². The third kappa shape index (κ3) is 4.52. The van der Waals surface area contributed by atoms with Gasteiger partial charge < -0.3 is 10.5 Å². The van der Waals surface area contributed by atoms with Crippen molar-refractivity contribution >= 4 is 10.9 Å². The number of hydrogen-bond donors (Lipinski definition) is 2. The van der Waals surface area contributed by atoms with Gasteiger partial charge in [-0.15, -0.1) is 0 Å². The molecule has 3 N–H and O–H groups in total. The molecule has 1 saturated carbocycles. The van der Waals surface area contributed by atoms with Crippen molar-refractivity contribution in [3.63, 3.8) is 0 Å². The van der Waals surface area contributed by atoms with E-state index < -0.39 is 0 Å². The van der Waals surface area contributed by atoms with Gasteiger partial charge in [0.05, 0.1) is 11.7 Å². The topological polar surface area (TPSA) is 76.8 Å². The number of nitrogens with two attached hydrogens (primary N) is 1. The second-order valence-corrected chi connectivity index (χ2v) is 7.98. The summed E-state index contributed by atoms with van der Waals surface area (Å²) in [5.74, 6) is 8.39. The fourth-order valence-electron chi connectivity index (χ4n) is 3.22. The van der Waals surface area contributed by atoms with Crippen LogP contribution in [0.1, 0.15) is 38.8 Å². The van der Waals surface area contributed by atoms with Crippen molar-refractivity contribution < 1.29 is 4.74 Å². The number of nitrogens with one attached hydrogen (secondary N) is 1. The van der Waals surface area contributed by atoms with E-state index in [0.29, 0.717) is 18.4 Å². The third-order valence-electron chi connectivity index (χ3n) is 4.82. The fourth-order valence-corrected chi connectivity index (χ4v) is 3.22. The number of nitrogens with zero attached hydrogens (tertiary/aromatic N) is 2. The molecule has 2 aromatic heterocycles. The molecule has 1 aromatic carbocycles. The van der Waals surface area contributed by atoms with Crippen molar-refractivity contribution in [3.8, 4) is 28.7 Å². The van der Waals surface area contributed by atoms with Crippen LogP contribution in [0, 0.1) is 23.7 Å². The van der Waals surface area contributed by atoms with Crippen LogP contribution >= 0.6 is 0 Å². The smallest absolute Gasteiger partial charge is 0.138 e. The first-order valence-electron chi connectivity index (χ1n) is 9.92.